The van der Waals surface area contributed by atoms with Crippen LogP contribution in [0.2, 0.25) is 0 Å². The lowest BCUT2D eigenvalue weighted by molar-refractivity contribution is 0.318. The van der Waals surface area contributed by atoms with Gasteiger partial charge in [-0.15, -0.1) is 0 Å². The zero-order valence-corrected chi connectivity index (χ0v) is 12.0. The first-order valence-corrected chi connectivity index (χ1v) is 6.75. The van der Waals surface area contributed by atoms with Gasteiger partial charge in [-0.3, -0.25) is 4.90 Å². The van der Waals surface area contributed by atoms with Gasteiger partial charge in [-0.25, -0.2) is 0 Å². The monoisotopic (exact) mass is 269 g/mol. The van der Waals surface area contributed by atoms with E-state index in [9.17, 15) is 10.0 Å². The van der Waals surface area contributed by atoms with Crippen LogP contribution in [0.5, 0.6) is 0 Å². The molecule has 3 nitrogen and oxygen atoms in total. The third-order valence-electron chi connectivity index (χ3n) is 3.48. The lowest BCUT2D eigenvalue weighted by atomic mass is 9.77. The maximum Gasteiger partial charge on any atom is 0.488 e. The molecule has 0 heterocycles. The average Bonchev–Trinajstić information content (AvgIpc) is 2.41. The zero-order valence-electron chi connectivity index (χ0n) is 12.0. The van der Waals surface area contributed by atoms with E-state index in [4.69, 9.17) is 0 Å². The number of hydrogen-bond acceptors (Lipinski definition) is 3. The third kappa shape index (κ3) is 3.70. The van der Waals surface area contributed by atoms with Crippen LogP contribution in [0.25, 0.3) is 0 Å². The summed E-state index contributed by atoms with van der Waals surface area (Å²) in [5, 5.41) is 18.8. The summed E-state index contributed by atoms with van der Waals surface area (Å²) in [5.74, 6) is 0. The van der Waals surface area contributed by atoms with Crippen molar-refractivity contribution in [3.8, 4) is 0 Å². The Kier molecular flexibility index (Phi) is 4.96. The lowest BCUT2D eigenvalue weighted by Crippen LogP contribution is -2.35. The highest BCUT2D eigenvalue weighted by molar-refractivity contribution is 6.59. The van der Waals surface area contributed by atoms with Gasteiger partial charge in [-0.1, -0.05) is 48.5 Å². The second-order valence-electron chi connectivity index (χ2n) is 5.17. The third-order valence-corrected chi connectivity index (χ3v) is 3.48. The number of rotatable bonds is 5. The maximum atomic E-state index is 9.39. The minimum atomic E-state index is -1.42. The molecule has 0 saturated carbocycles. The molecule has 0 fully saturated rings. The Morgan fingerprint density at radius 2 is 1.45 bits per heavy atom. The summed E-state index contributed by atoms with van der Waals surface area (Å²) in [6, 6.07) is 15.7. The van der Waals surface area contributed by atoms with Crippen molar-refractivity contribution < 1.29 is 10.0 Å². The van der Waals surface area contributed by atoms with Gasteiger partial charge in [0.05, 0.1) is 0 Å². The zero-order chi connectivity index (χ0) is 14.5. The van der Waals surface area contributed by atoms with E-state index in [1.165, 1.54) is 11.1 Å². The molecule has 0 spiro atoms. The summed E-state index contributed by atoms with van der Waals surface area (Å²) in [6.07, 6.45) is 0. The van der Waals surface area contributed by atoms with Crippen molar-refractivity contribution >= 4 is 12.6 Å². The molecule has 2 aromatic carbocycles. The maximum absolute atomic E-state index is 9.39. The summed E-state index contributed by atoms with van der Waals surface area (Å²) >= 11 is 0. The van der Waals surface area contributed by atoms with Crippen LogP contribution in [0.3, 0.4) is 0 Å². The smallest absolute Gasteiger partial charge is 0.423 e. The summed E-state index contributed by atoms with van der Waals surface area (Å²) in [5.41, 5.74) is 4.08. The highest BCUT2D eigenvalue weighted by Crippen LogP contribution is 2.11. The van der Waals surface area contributed by atoms with Gasteiger partial charge in [0.1, 0.15) is 0 Å². The second-order valence-corrected chi connectivity index (χ2v) is 5.17. The van der Waals surface area contributed by atoms with Crippen LogP contribution in [0.4, 0.5) is 0 Å². The van der Waals surface area contributed by atoms with E-state index >= 15 is 0 Å². The van der Waals surface area contributed by atoms with Crippen molar-refractivity contribution in [2.24, 2.45) is 0 Å². The molecule has 104 valence electrons. The first-order chi connectivity index (χ1) is 9.58. The van der Waals surface area contributed by atoms with Gasteiger partial charge in [0.25, 0.3) is 0 Å². The Hall–Kier alpha value is -1.62. The Labute approximate surface area is 120 Å². The molecule has 0 aliphatic carbocycles. The Balaban J connectivity index is 2.09. The summed E-state index contributed by atoms with van der Waals surface area (Å²) in [4.78, 5) is 2.17. The Morgan fingerprint density at radius 3 is 2.10 bits per heavy atom. The van der Waals surface area contributed by atoms with Crippen molar-refractivity contribution in [3.05, 3.63) is 65.2 Å². The van der Waals surface area contributed by atoms with Gasteiger partial charge >= 0.3 is 7.12 Å². The molecule has 2 rings (SSSR count). The summed E-state index contributed by atoms with van der Waals surface area (Å²) < 4.78 is 0. The van der Waals surface area contributed by atoms with Crippen molar-refractivity contribution in [2.75, 3.05) is 7.05 Å². The number of benzene rings is 2. The minimum Gasteiger partial charge on any atom is -0.423 e. The van der Waals surface area contributed by atoms with Crippen molar-refractivity contribution in [2.45, 2.75) is 20.0 Å². The molecule has 0 bridgehead atoms. The first-order valence-electron chi connectivity index (χ1n) is 6.75. The lowest BCUT2D eigenvalue weighted by Gasteiger charge is -2.20. The number of aryl methyl sites for hydroxylation is 1. The van der Waals surface area contributed by atoms with Gasteiger partial charge in [0.15, 0.2) is 0 Å². The fourth-order valence-electron chi connectivity index (χ4n) is 2.36. The SMILES string of the molecule is Cc1ccccc1CN(C)Cc1ccccc1B(O)O. The van der Waals surface area contributed by atoms with Crippen molar-refractivity contribution in [1.29, 1.82) is 0 Å². The summed E-state index contributed by atoms with van der Waals surface area (Å²) in [6.45, 7) is 3.62. The molecule has 0 aliphatic rings. The molecule has 4 heteroatoms. The number of nitrogens with zero attached hydrogens (tertiary/aromatic N) is 1. The predicted octanol–water partition coefficient (Wildman–Crippen LogP) is 1.31. The molecule has 2 aromatic rings. The van der Waals surface area contributed by atoms with E-state index in [1.54, 1.807) is 6.07 Å². The van der Waals surface area contributed by atoms with Crippen molar-refractivity contribution in [1.82, 2.24) is 4.90 Å². The van der Waals surface area contributed by atoms with E-state index < -0.39 is 7.12 Å². The highest BCUT2D eigenvalue weighted by atomic mass is 16.4. The minimum absolute atomic E-state index is 0.573. The molecule has 20 heavy (non-hydrogen) atoms. The van der Waals surface area contributed by atoms with Gasteiger partial charge in [0.2, 0.25) is 0 Å². The second kappa shape index (κ2) is 6.70. The fourth-order valence-corrected chi connectivity index (χ4v) is 2.36. The average molecular weight is 269 g/mol. The first kappa shape index (κ1) is 14.8. The van der Waals surface area contributed by atoms with Crippen LogP contribution in [0.15, 0.2) is 48.5 Å². The molecule has 0 aromatic heterocycles. The van der Waals surface area contributed by atoms with Gasteiger partial charge in [0, 0.05) is 13.1 Å². The molecular formula is C16H20BNO2. The summed E-state index contributed by atoms with van der Waals surface area (Å²) in [7, 11) is 0.616. The van der Waals surface area contributed by atoms with Gasteiger partial charge in [-0.05, 0) is 36.1 Å². The van der Waals surface area contributed by atoms with E-state index in [1.807, 2.05) is 37.4 Å². The molecule has 0 atom stereocenters. The topological polar surface area (TPSA) is 43.7 Å². The van der Waals surface area contributed by atoms with Gasteiger partial charge in [-0.2, -0.15) is 0 Å². The Bertz CT molecular complexity index is 572. The number of hydrogen-bond donors (Lipinski definition) is 2. The van der Waals surface area contributed by atoms with Crippen molar-refractivity contribution in [3.63, 3.8) is 0 Å². The molecule has 0 aliphatic heterocycles. The largest absolute Gasteiger partial charge is 0.488 e. The van der Waals surface area contributed by atoms with E-state index in [-0.39, 0.29) is 0 Å². The molecule has 0 saturated heterocycles. The van der Waals surface area contributed by atoms with E-state index in [2.05, 4.69) is 24.0 Å². The normalized spacial score (nSPS) is 10.8. The molecular weight excluding hydrogens is 249 g/mol. The van der Waals surface area contributed by atoms with E-state index in [0.29, 0.717) is 12.0 Å². The van der Waals surface area contributed by atoms with Crippen LogP contribution in [0.1, 0.15) is 16.7 Å². The fraction of sp³-hybridized carbons (Fsp3) is 0.250. The Morgan fingerprint density at radius 1 is 0.900 bits per heavy atom. The molecule has 2 N–H and O–H groups in total. The van der Waals surface area contributed by atoms with Crippen LogP contribution in [0, 0.1) is 6.92 Å². The van der Waals surface area contributed by atoms with Crippen LogP contribution < -0.4 is 5.46 Å². The molecule has 0 radical (unpaired) electrons. The van der Waals surface area contributed by atoms with E-state index in [0.717, 1.165) is 12.1 Å². The van der Waals surface area contributed by atoms with Crippen LogP contribution in [-0.2, 0) is 13.1 Å². The van der Waals surface area contributed by atoms with Gasteiger partial charge < -0.3 is 10.0 Å². The van der Waals surface area contributed by atoms with Crippen LogP contribution >= 0.6 is 0 Å². The standard InChI is InChI=1S/C16H20BNO2/c1-13-7-3-4-8-14(13)11-18(2)12-15-9-5-6-10-16(15)17(19)20/h3-10,19-20H,11-12H2,1-2H3. The molecule has 0 amide bonds. The predicted molar refractivity (Wildman–Crippen MR) is 82.6 cm³/mol. The molecule has 0 unspecified atom stereocenters. The quantitative estimate of drug-likeness (QED) is 0.804. The van der Waals surface area contributed by atoms with Crippen LogP contribution in [-0.4, -0.2) is 29.1 Å². The highest BCUT2D eigenvalue weighted by Gasteiger charge is 2.16.